The van der Waals surface area contributed by atoms with Crippen LogP contribution in [-0.4, -0.2) is 29.2 Å². The molecule has 3 unspecified atom stereocenters. The molecule has 5 rings (SSSR count). The SMILES string of the molecule is CCN1C(=O)C2c3ccccc3C3(NC(=O)c4ccccc43)C2C1=O. The Balaban J connectivity index is 1.85. The van der Waals surface area contributed by atoms with Gasteiger partial charge < -0.3 is 5.32 Å². The van der Waals surface area contributed by atoms with Crippen molar-refractivity contribution in [2.75, 3.05) is 6.54 Å². The van der Waals surface area contributed by atoms with Gasteiger partial charge in [-0.15, -0.1) is 0 Å². The molecule has 1 fully saturated rings. The maximum Gasteiger partial charge on any atom is 0.252 e. The molecule has 2 heterocycles. The summed E-state index contributed by atoms with van der Waals surface area (Å²) in [5.41, 5.74) is 2.12. The fourth-order valence-corrected chi connectivity index (χ4v) is 4.88. The van der Waals surface area contributed by atoms with Crippen molar-refractivity contribution in [3.05, 3.63) is 70.8 Å². The van der Waals surface area contributed by atoms with Gasteiger partial charge in [0.15, 0.2) is 0 Å². The number of imide groups is 1. The Morgan fingerprint density at radius 2 is 1.64 bits per heavy atom. The van der Waals surface area contributed by atoms with Crippen molar-refractivity contribution in [3.8, 4) is 0 Å². The highest BCUT2D eigenvalue weighted by Crippen LogP contribution is 2.58. The predicted molar refractivity (Wildman–Crippen MR) is 89.8 cm³/mol. The number of likely N-dealkylation sites (tertiary alicyclic amines) is 1. The van der Waals surface area contributed by atoms with Gasteiger partial charge in [0, 0.05) is 12.1 Å². The summed E-state index contributed by atoms with van der Waals surface area (Å²) in [7, 11) is 0. The molecule has 2 aromatic carbocycles. The summed E-state index contributed by atoms with van der Waals surface area (Å²) in [5.74, 6) is -1.72. The standard InChI is InChI=1S/C20H16N2O3/c1-2-22-18(24)15-11-7-3-5-9-13(11)20(16(15)19(22)25)14-10-6-4-8-12(14)17(23)21-20/h3-10,15-16H,2H2,1H3,(H,21,23). The molecule has 124 valence electrons. The first kappa shape index (κ1) is 14.4. The molecular formula is C20H16N2O3. The summed E-state index contributed by atoms with van der Waals surface area (Å²) in [6, 6.07) is 14.9. The van der Waals surface area contributed by atoms with Crippen LogP contribution in [-0.2, 0) is 15.1 Å². The number of fused-ring (bicyclic) bond motifs is 7. The topological polar surface area (TPSA) is 66.5 Å². The van der Waals surface area contributed by atoms with E-state index in [9.17, 15) is 14.4 Å². The van der Waals surface area contributed by atoms with Crippen molar-refractivity contribution in [1.82, 2.24) is 10.2 Å². The van der Waals surface area contributed by atoms with Crippen LogP contribution in [0.3, 0.4) is 0 Å². The molecule has 0 saturated carbocycles. The Hall–Kier alpha value is -2.95. The van der Waals surface area contributed by atoms with Crippen LogP contribution in [0.2, 0.25) is 0 Å². The number of nitrogens with one attached hydrogen (secondary N) is 1. The van der Waals surface area contributed by atoms with E-state index in [4.69, 9.17) is 0 Å². The molecule has 2 aromatic rings. The van der Waals surface area contributed by atoms with E-state index in [0.717, 1.165) is 16.7 Å². The number of benzene rings is 2. The molecular weight excluding hydrogens is 316 g/mol. The van der Waals surface area contributed by atoms with E-state index >= 15 is 0 Å². The smallest absolute Gasteiger partial charge is 0.252 e. The van der Waals surface area contributed by atoms with Gasteiger partial charge in [-0.25, -0.2) is 0 Å². The highest BCUT2D eigenvalue weighted by atomic mass is 16.2. The summed E-state index contributed by atoms with van der Waals surface area (Å²) in [5, 5.41) is 3.08. The molecule has 1 N–H and O–H groups in total. The summed E-state index contributed by atoms with van der Waals surface area (Å²) in [6.45, 7) is 2.15. The third-order valence-corrected chi connectivity index (χ3v) is 5.81. The van der Waals surface area contributed by atoms with Crippen molar-refractivity contribution in [2.24, 2.45) is 5.92 Å². The lowest BCUT2D eigenvalue weighted by atomic mass is 9.76. The van der Waals surface area contributed by atoms with Crippen LogP contribution < -0.4 is 5.32 Å². The minimum atomic E-state index is -0.953. The van der Waals surface area contributed by atoms with Crippen LogP contribution in [0.5, 0.6) is 0 Å². The second-order valence-electron chi connectivity index (χ2n) is 6.77. The zero-order valence-electron chi connectivity index (χ0n) is 13.7. The largest absolute Gasteiger partial charge is 0.337 e. The lowest BCUT2D eigenvalue weighted by molar-refractivity contribution is -0.139. The van der Waals surface area contributed by atoms with Gasteiger partial charge in [0.1, 0.15) is 5.54 Å². The number of carbonyl (C=O) groups is 3. The summed E-state index contributed by atoms with van der Waals surface area (Å²) in [4.78, 5) is 40.0. The van der Waals surface area contributed by atoms with Gasteiger partial charge in [-0.3, -0.25) is 19.3 Å². The number of rotatable bonds is 1. The van der Waals surface area contributed by atoms with Gasteiger partial charge in [-0.05, 0) is 29.7 Å². The van der Waals surface area contributed by atoms with Crippen LogP contribution in [0.4, 0.5) is 0 Å². The second kappa shape index (κ2) is 4.57. The summed E-state index contributed by atoms with van der Waals surface area (Å²) < 4.78 is 0. The molecule has 25 heavy (non-hydrogen) atoms. The van der Waals surface area contributed by atoms with Crippen LogP contribution in [0.25, 0.3) is 0 Å². The van der Waals surface area contributed by atoms with E-state index in [1.54, 1.807) is 13.0 Å². The monoisotopic (exact) mass is 332 g/mol. The highest BCUT2D eigenvalue weighted by molar-refractivity contribution is 6.12. The van der Waals surface area contributed by atoms with Crippen molar-refractivity contribution in [2.45, 2.75) is 18.4 Å². The van der Waals surface area contributed by atoms with Crippen molar-refractivity contribution in [1.29, 1.82) is 0 Å². The molecule has 3 amide bonds. The number of nitrogens with zero attached hydrogens (tertiary/aromatic N) is 1. The lowest BCUT2D eigenvalue weighted by Crippen LogP contribution is -2.48. The van der Waals surface area contributed by atoms with E-state index in [2.05, 4.69) is 5.32 Å². The number of hydrogen-bond acceptors (Lipinski definition) is 3. The summed E-state index contributed by atoms with van der Waals surface area (Å²) in [6.07, 6.45) is 0. The Kier molecular flexibility index (Phi) is 2.63. The molecule has 2 aliphatic heterocycles. The fourth-order valence-electron chi connectivity index (χ4n) is 4.88. The molecule has 1 saturated heterocycles. The number of hydrogen-bond donors (Lipinski definition) is 1. The first-order chi connectivity index (χ1) is 12.1. The molecule has 3 atom stereocenters. The van der Waals surface area contributed by atoms with E-state index in [1.165, 1.54) is 4.90 Å². The highest BCUT2D eigenvalue weighted by Gasteiger charge is 2.67. The van der Waals surface area contributed by atoms with Crippen molar-refractivity contribution in [3.63, 3.8) is 0 Å². The average molecular weight is 332 g/mol. The maximum absolute atomic E-state index is 13.1. The number of amides is 3. The van der Waals surface area contributed by atoms with Gasteiger partial charge in [-0.1, -0.05) is 42.5 Å². The van der Waals surface area contributed by atoms with E-state index in [0.29, 0.717) is 12.1 Å². The third-order valence-electron chi connectivity index (χ3n) is 5.81. The minimum Gasteiger partial charge on any atom is -0.337 e. The molecule has 1 spiro atoms. The molecule has 0 aromatic heterocycles. The third kappa shape index (κ3) is 1.47. The Labute approximate surface area is 144 Å². The Bertz CT molecular complexity index is 967. The van der Waals surface area contributed by atoms with Crippen LogP contribution >= 0.6 is 0 Å². The van der Waals surface area contributed by atoms with Crippen LogP contribution in [0.1, 0.15) is 39.9 Å². The lowest BCUT2D eigenvalue weighted by Gasteiger charge is -2.32. The maximum atomic E-state index is 13.1. The zero-order valence-corrected chi connectivity index (χ0v) is 13.7. The first-order valence-corrected chi connectivity index (χ1v) is 8.48. The molecule has 0 bridgehead atoms. The number of likely N-dealkylation sites (N-methyl/N-ethyl adjacent to an activating group) is 1. The second-order valence-corrected chi connectivity index (χ2v) is 6.77. The average Bonchev–Trinajstić information content (AvgIpc) is 3.19. The quantitative estimate of drug-likeness (QED) is 0.810. The first-order valence-electron chi connectivity index (χ1n) is 8.48. The predicted octanol–water partition coefficient (Wildman–Crippen LogP) is 1.78. The fraction of sp³-hybridized carbons (Fsp3) is 0.250. The van der Waals surface area contributed by atoms with Gasteiger partial charge >= 0.3 is 0 Å². The van der Waals surface area contributed by atoms with Crippen molar-refractivity contribution < 1.29 is 14.4 Å². The van der Waals surface area contributed by atoms with Crippen LogP contribution in [0.15, 0.2) is 48.5 Å². The molecule has 1 aliphatic carbocycles. The van der Waals surface area contributed by atoms with E-state index in [1.807, 2.05) is 42.5 Å². The van der Waals surface area contributed by atoms with Gasteiger partial charge in [0.25, 0.3) is 5.91 Å². The molecule has 0 radical (unpaired) electrons. The van der Waals surface area contributed by atoms with E-state index < -0.39 is 17.4 Å². The van der Waals surface area contributed by atoms with Gasteiger partial charge in [-0.2, -0.15) is 0 Å². The van der Waals surface area contributed by atoms with Crippen LogP contribution in [0, 0.1) is 5.92 Å². The Morgan fingerprint density at radius 3 is 2.40 bits per heavy atom. The Morgan fingerprint density at radius 1 is 0.960 bits per heavy atom. The number of carbonyl (C=O) groups excluding carboxylic acids is 3. The molecule has 5 nitrogen and oxygen atoms in total. The zero-order chi connectivity index (χ0) is 17.3. The van der Waals surface area contributed by atoms with Crippen molar-refractivity contribution >= 4 is 17.7 Å². The van der Waals surface area contributed by atoms with E-state index in [-0.39, 0.29) is 17.7 Å². The molecule has 3 aliphatic rings. The molecule has 5 heteroatoms. The normalized spacial score (nSPS) is 29.0. The summed E-state index contributed by atoms with van der Waals surface area (Å²) >= 11 is 0. The minimum absolute atomic E-state index is 0.166. The van der Waals surface area contributed by atoms with Gasteiger partial charge in [0.05, 0.1) is 11.8 Å². The van der Waals surface area contributed by atoms with Gasteiger partial charge in [0.2, 0.25) is 11.8 Å².